The third-order valence-corrected chi connectivity index (χ3v) is 3.75. The number of aromatic nitrogens is 2. The fourth-order valence-corrected chi connectivity index (χ4v) is 2.37. The highest BCUT2D eigenvalue weighted by molar-refractivity contribution is 4.82. The van der Waals surface area contributed by atoms with Gasteiger partial charge in [0.2, 0.25) is 0 Å². The molecular weight excluding hydrogens is 198 g/mol. The molecule has 2 atom stereocenters. The molecule has 1 N–H and O–H groups in total. The number of hydrogen-bond donors (Lipinski definition) is 1. The second-order valence-electron chi connectivity index (χ2n) is 5.11. The summed E-state index contributed by atoms with van der Waals surface area (Å²) >= 11 is 0. The van der Waals surface area contributed by atoms with Gasteiger partial charge in [-0.15, -0.1) is 0 Å². The first-order chi connectivity index (χ1) is 7.75. The van der Waals surface area contributed by atoms with Crippen LogP contribution >= 0.6 is 0 Å². The predicted molar refractivity (Wildman–Crippen MR) is 66.2 cm³/mol. The van der Waals surface area contributed by atoms with Gasteiger partial charge in [-0.25, -0.2) is 0 Å². The summed E-state index contributed by atoms with van der Waals surface area (Å²) in [6.07, 6.45) is 9.29. The van der Waals surface area contributed by atoms with Crippen LogP contribution in [0.5, 0.6) is 0 Å². The van der Waals surface area contributed by atoms with Gasteiger partial charge in [0.25, 0.3) is 0 Å². The Morgan fingerprint density at radius 3 is 2.81 bits per heavy atom. The van der Waals surface area contributed by atoms with Gasteiger partial charge in [-0.1, -0.05) is 6.42 Å². The number of hydrogen-bond acceptors (Lipinski definition) is 2. The van der Waals surface area contributed by atoms with Crippen molar-refractivity contribution in [2.24, 2.45) is 5.92 Å². The average molecular weight is 221 g/mol. The highest BCUT2D eigenvalue weighted by Gasteiger charge is 2.24. The lowest BCUT2D eigenvalue weighted by atomic mass is 9.80. The molecule has 0 spiro atoms. The van der Waals surface area contributed by atoms with E-state index in [4.69, 9.17) is 0 Å². The average Bonchev–Trinajstić information content (AvgIpc) is 2.63. The molecular formula is C13H23N3. The van der Waals surface area contributed by atoms with Crippen LogP contribution in [0.4, 0.5) is 0 Å². The molecule has 1 aromatic heterocycles. The fourth-order valence-electron chi connectivity index (χ4n) is 2.37. The maximum atomic E-state index is 4.22. The molecule has 1 aromatic rings. The normalized spacial score (nSPS) is 20.4. The van der Waals surface area contributed by atoms with Crippen LogP contribution < -0.4 is 5.32 Å². The number of nitrogens with zero attached hydrogens (tertiary/aromatic N) is 2. The van der Waals surface area contributed by atoms with E-state index in [9.17, 15) is 0 Å². The largest absolute Gasteiger partial charge is 0.311 e. The van der Waals surface area contributed by atoms with Gasteiger partial charge in [0.15, 0.2) is 0 Å². The summed E-state index contributed by atoms with van der Waals surface area (Å²) in [5.74, 6) is 0.923. The highest BCUT2D eigenvalue weighted by atomic mass is 15.3. The van der Waals surface area contributed by atoms with Gasteiger partial charge in [-0.05, 0) is 45.1 Å². The van der Waals surface area contributed by atoms with Crippen molar-refractivity contribution < 1.29 is 0 Å². The Hall–Kier alpha value is -0.830. The molecule has 90 valence electrons. The summed E-state index contributed by atoms with van der Waals surface area (Å²) in [7, 11) is 0. The lowest BCUT2D eigenvalue weighted by Gasteiger charge is -2.34. The van der Waals surface area contributed by atoms with Gasteiger partial charge < -0.3 is 5.32 Å². The predicted octanol–water partition coefficient (Wildman–Crippen LogP) is 2.44. The zero-order chi connectivity index (χ0) is 11.4. The van der Waals surface area contributed by atoms with E-state index in [0.717, 1.165) is 18.9 Å². The molecule has 3 heteroatoms. The molecule has 1 heterocycles. The summed E-state index contributed by atoms with van der Waals surface area (Å²) < 4.78 is 2.01. The van der Waals surface area contributed by atoms with Crippen molar-refractivity contribution in [3.05, 3.63) is 18.5 Å². The van der Waals surface area contributed by atoms with Crippen molar-refractivity contribution in [2.75, 3.05) is 0 Å². The zero-order valence-corrected chi connectivity index (χ0v) is 10.4. The van der Waals surface area contributed by atoms with E-state index < -0.39 is 0 Å². The Kier molecular flexibility index (Phi) is 3.99. The maximum Gasteiger partial charge on any atom is 0.0489 e. The van der Waals surface area contributed by atoms with Gasteiger partial charge in [0.05, 0.1) is 0 Å². The summed E-state index contributed by atoms with van der Waals surface area (Å²) in [5.41, 5.74) is 0. The second-order valence-corrected chi connectivity index (χ2v) is 5.11. The van der Waals surface area contributed by atoms with Crippen molar-refractivity contribution in [3.63, 3.8) is 0 Å². The Bertz CT molecular complexity index is 290. The molecule has 1 aliphatic rings. The van der Waals surface area contributed by atoms with E-state index in [2.05, 4.69) is 24.3 Å². The first-order valence-corrected chi connectivity index (χ1v) is 6.49. The SMILES string of the molecule is CC(CCn1cccn1)NC(C)C1CCC1. The number of nitrogens with one attached hydrogen (secondary N) is 1. The summed E-state index contributed by atoms with van der Waals surface area (Å²) in [6, 6.07) is 3.25. The Balaban J connectivity index is 1.65. The first-order valence-electron chi connectivity index (χ1n) is 6.49. The third kappa shape index (κ3) is 3.08. The first kappa shape index (κ1) is 11.6. The van der Waals surface area contributed by atoms with E-state index in [-0.39, 0.29) is 0 Å². The highest BCUT2D eigenvalue weighted by Crippen LogP contribution is 2.29. The van der Waals surface area contributed by atoms with Gasteiger partial charge in [-0.2, -0.15) is 5.10 Å². The molecule has 0 amide bonds. The van der Waals surface area contributed by atoms with Gasteiger partial charge in [-0.3, -0.25) is 4.68 Å². The quantitative estimate of drug-likeness (QED) is 0.799. The van der Waals surface area contributed by atoms with Crippen molar-refractivity contribution in [2.45, 2.75) is 58.2 Å². The fraction of sp³-hybridized carbons (Fsp3) is 0.769. The minimum Gasteiger partial charge on any atom is -0.311 e. The molecule has 1 fully saturated rings. The monoisotopic (exact) mass is 221 g/mol. The molecule has 3 nitrogen and oxygen atoms in total. The summed E-state index contributed by atoms with van der Waals surface area (Å²) in [5, 5.41) is 7.92. The second kappa shape index (κ2) is 5.48. The molecule has 0 radical (unpaired) electrons. The van der Waals surface area contributed by atoms with E-state index in [1.165, 1.54) is 19.3 Å². The molecule has 0 saturated heterocycles. The Morgan fingerprint density at radius 1 is 1.44 bits per heavy atom. The number of aryl methyl sites for hydroxylation is 1. The molecule has 0 bridgehead atoms. The molecule has 2 rings (SSSR count). The van der Waals surface area contributed by atoms with Crippen LogP contribution in [-0.4, -0.2) is 21.9 Å². The molecule has 2 unspecified atom stereocenters. The van der Waals surface area contributed by atoms with Crippen LogP contribution in [0.15, 0.2) is 18.5 Å². The van der Waals surface area contributed by atoms with Crippen molar-refractivity contribution in [1.82, 2.24) is 15.1 Å². The molecule has 16 heavy (non-hydrogen) atoms. The summed E-state index contributed by atoms with van der Waals surface area (Å²) in [6.45, 7) is 5.62. The minimum absolute atomic E-state index is 0.583. The van der Waals surface area contributed by atoms with Gasteiger partial charge >= 0.3 is 0 Å². The van der Waals surface area contributed by atoms with Crippen LogP contribution in [0.3, 0.4) is 0 Å². The van der Waals surface area contributed by atoms with E-state index in [1.807, 2.05) is 23.1 Å². The van der Waals surface area contributed by atoms with Crippen molar-refractivity contribution >= 4 is 0 Å². The lowest BCUT2D eigenvalue weighted by molar-refractivity contribution is 0.225. The lowest BCUT2D eigenvalue weighted by Crippen LogP contribution is -2.42. The Morgan fingerprint density at radius 2 is 2.25 bits per heavy atom. The third-order valence-electron chi connectivity index (χ3n) is 3.75. The van der Waals surface area contributed by atoms with Gasteiger partial charge in [0, 0.05) is 31.0 Å². The topological polar surface area (TPSA) is 29.9 Å². The molecule has 1 saturated carbocycles. The van der Waals surface area contributed by atoms with Crippen LogP contribution in [0.25, 0.3) is 0 Å². The van der Waals surface area contributed by atoms with Crippen molar-refractivity contribution in [3.8, 4) is 0 Å². The maximum absolute atomic E-state index is 4.22. The van der Waals surface area contributed by atoms with Crippen LogP contribution in [0, 0.1) is 5.92 Å². The standard InChI is InChI=1S/C13H23N3/c1-11(7-10-16-9-4-8-14-16)15-12(2)13-5-3-6-13/h4,8-9,11-13,15H,3,5-7,10H2,1-2H3. The smallest absolute Gasteiger partial charge is 0.0489 e. The molecule has 0 aromatic carbocycles. The van der Waals surface area contributed by atoms with Crippen LogP contribution in [-0.2, 0) is 6.54 Å². The van der Waals surface area contributed by atoms with Crippen LogP contribution in [0.1, 0.15) is 39.5 Å². The van der Waals surface area contributed by atoms with E-state index in [1.54, 1.807) is 0 Å². The van der Waals surface area contributed by atoms with E-state index >= 15 is 0 Å². The van der Waals surface area contributed by atoms with E-state index in [0.29, 0.717) is 12.1 Å². The summed E-state index contributed by atoms with van der Waals surface area (Å²) in [4.78, 5) is 0. The van der Waals surface area contributed by atoms with Crippen LogP contribution in [0.2, 0.25) is 0 Å². The minimum atomic E-state index is 0.583. The Labute approximate surface area is 98.2 Å². The van der Waals surface area contributed by atoms with Crippen molar-refractivity contribution in [1.29, 1.82) is 0 Å². The zero-order valence-electron chi connectivity index (χ0n) is 10.4. The molecule has 1 aliphatic carbocycles. The number of rotatable bonds is 6. The molecule has 0 aliphatic heterocycles. The van der Waals surface area contributed by atoms with Gasteiger partial charge in [0.1, 0.15) is 0 Å².